The first-order chi connectivity index (χ1) is 8.97. The van der Waals surface area contributed by atoms with Crippen molar-refractivity contribution in [2.75, 3.05) is 5.32 Å². The van der Waals surface area contributed by atoms with Crippen LogP contribution in [0.15, 0.2) is 6.20 Å². The summed E-state index contributed by atoms with van der Waals surface area (Å²) in [6.07, 6.45) is 2.43. The highest BCUT2D eigenvalue weighted by atomic mass is 32.1. The summed E-state index contributed by atoms with van der Waals surface area (Å²) in [7, 11) is 1.80. The quantitative estimate of drug-likeness (QED) is 0.929. The third kappa shape index (κ3) is 3.17. The molecular weight excluding hydrogens is 262 g/mol. The first-order valence-corrected chi connectivity index (χ1v) is 6.91. The van der Waals surface area contributed by atoms with E-state index in [4.69, 9.17) is 0 Å². The van der Waals surface area contributed by atoms with Gasteiger partial charge in [0.15, 0.2) is 0 Å². The fraction of sp³-hybridized carbons (Fsp3) is 0.500. The maximum absolute atomic E-state index is 12.1. The van der Waals surface area contributed by atoms with Gasteiger partial charge in [0.25, 0.3) is 5.91 Å². The molecule has 0 saturated carbocycles. The summed E-state index contributed by atoms with van der Waals surface area (Å²) in [5, 5.41) is 16.3. The average Bonchev–Trinajstić information content (AvgIpc) is 2.87. The summed E-state index contributed by atoms with van der Waals surface area (Å²) in [5.74, 6) is 0.329. The molecule has 0 aromatic carbocycles. The van der Waals surface area contributed by atoms with Crippen LogP contribution in [-0.4, -0.2) is 25.9 Å². The standard InChI is InChI=1S/C12H17N5OS/c1-7(2)5-10-15-16-12(19-10)14-11(18)9-6-13-17(4)8(9)3/h6-7H,5H2,1-4H3,(H,14,16,18). The fourth-order valence-corrected chi connectivity index (χ4v) is 2.57. The van der Waals surface area contributed by atoms with E-state index in [1.165, 1.54) is 11.3 Å². The van der Waals surface area contributed by atoms with Crippen molar-refractivity contribution in [3.63, 3.8) is 0 Å². The molecule has 2 aromatic heterocycles. The highest BCUT2D eigenvalue weighted by molar-refractivity contribution is 7.15. The molecule has 2 heterocycles. The largest absolute Gasteiger partial charge is 0.296 e. The van der Waals surface area contributed by atoms with E-state index in [0.717, 1.165) is 17.1 Å². The van der Waals surface area contributed by atoms with Gasteiger partial charge in [0, 0.05) is 19.2 Å². The summed E-state index contributed by atoms with van der Waals surface area (Å²) in [6, 6.07) is 0. The third-order valence-electron chi connectivity index (χ3n) is 2.75. The zero-order valence-electron chi connectivity index (χ0n) is 11.5. The van der Waals surface area contributed by atoms with Crippen molar-refractivity contribution in [3.05, 3.63) is 22.5 Å². The third-order valence-corrected chi connectivity index (χ3v) is 3.61. The number of nitrogens with one attached hydrogen (secondary N) is 1. The Morgan fingerprint density at radius 1 is 1.47 bits per heavy atom. The van der Waals surface area contributed by atoms with Crippen molar-refractivity contribution in [1.82, 2.24) is 20.0 Å². The molecule has 0 unspecified atom stereocenters. The van der Waals surface area contributed by atoms with Gasteiger partial charge in [0.1, 0.15) is 5.01 Å². The minimum Gasteiger partial charge on any atom is -0.296 e. The van der Waals surface area contributed by atoms with E-state index in [9.17, 15) is 4.79 Å². The molecule has 0 aliphatic heterocycles. The Bertz CT molecular complexity index is 587. The minimum atomic E-state index is -0.196. The molecule has 0 radical (unpaired) electrons. The number of hydrogen-bond acceptors (Lipinski definition) is 5. The lowest BCUT2D eigenvalue weighted by Crippen LogP contribution is -2.12. The smallest absolute Gasteiger partial charge is 0.260 e. The van der Waals surface area contributed by atoms with Gasteiger partial charge in [0.05, 0.1) is 11.8 Å². The monoisotopic (exact) mass is 279 g/mol. The Labute approximate surface area is 115 Å². The van der Waals surface area contributed by atoms with Crippen LogP contribution in [0.2, 0.25) is 0 Å². The van der Waals surface area contributed by atoms with E-state index in [0.29, 0.717) is 16.6 Å². The van der Waals surface area contributed by atoms with E-state index in [2.05, 4.69) is 34.5 Å². The molecular formula is C12H17N5OS. The minimum absolute atomic E-state index is 0.196. The van der Waals surface area contributed by atoms with E-state index in [1.54, 1.807) is 17.9 Å². The van der Waals surface area contributed by atoms with Crippen molar-refractivity contribution in [1.29, 1.82) is 0 Å². The Balaban J connectivity index is 2.07. The van der Waals surface area contributed by atoms with Gasteiger partial charge in [-0.1, -0.05) is 25.2 Å². The number of aromatic nitrogens is 4. The van der Waals surface area contributed by atoms with E-state index in [1.807, 2.05) is 6.92 Å². The van der Waals surface area contributed by atoms with Gasteiger partial charge in [0.2, 0.25) is 5.13 Å². The second kappa shape index (κ2) is 5.48. The van der Waals surface area contributed by atoms with E-state index in [-0.39, 0.29) is 5.91 Å². The first kappa shape index (κ1) is 13.7. The highest BCUT2D eigenvalue weighted by Crippen LogP contribution is 2.19. The number of amides is 1. The molecule has 102 valence electrons. The summed E-state index contributed by atoms with van der Waals surface area (Å²) in [4.78, 5) is 12.1. The van der Waals surface area contributed by atoms with Crippen LogP contribution < -0.4 is 5.32 Å². The maximum Gasteiger partial charge on any atom is 0.260 e. The molecule has 0 fully saturated rings. The normalized spacial score (nSPS) is 11.0. The molecule has 0 atom stereocenters. The molecule has 6 nitrogen and oxygen atoms in total. The Morgan fingerprint density at radius 2 is 2.21 bits per heavy atom. The number of carbonyl (C=O) groups excluding carboxylic acids is 1. The van der Waals surface area contributed by atoms with Crippen LogP contribution >= 0.6 is 11.3 Å². The van der Waals surface area contributed by atoms with Crippen molar-refractivity contribution in [3.8, 4) is 0 Å². The number of hydrogen-bond donors (Lipinski definition) is 1. The van der Waals surface area contributed by atoms with Gasteiger partial charge < -0.3 is 0 Å². The zero-order valence-corrected chi connectivity index (χ0v) is 12.3. The summed E-state index contributed by atoms with van der Waals surface area (Å²) < 4.78 is 1.67. The van der Waals surface area contributed by atoms with Gasteiger partial charge in [-0.2, -0.15) is 5.10 Å². The van der Waals surface area contributed by atoms with Crippen LogP contribution in [-0.2, 0) is 13.5 Å². The van der Waals surface area contributed by atoms with Crippen LogP contribution in [0.3, 0.4) is 0 Å². The molecule has 0 saturated heterocycles. The summed E-state index contributed by atoms with van der Waals surface area (Å²) in [5.41, 5.74) is 1.38. The van der Waals surface area contributed by atoms with Gasteiger partial charge in [-0.25, -0.2) is 0 Å². The first-order valence-electron chi connectivity index (χ1n) is 6.09. The second-order valence-corrected chi connectivity index (χ2v) is 5.88. The molecule has 1 N–H and O–H groups in total. The molecule has 1 amide bonds. The zero-order chi connectivity index (χ0) is 14.0. The van der Waals surface area contributed by atoms with Crippen LogP contribution in [0.1, 0.15) is 34.9 Å². The predicted octanol–water partition coefficient (Wildman–Crippen LogP) is 2.03. The number of aryl methyl sites for hydroxylation is 1. The van der Waals surface area contributed by atoms with Crippen LogP contribution in [0.5, 0.6) is 0 Å². The highest BCUT2D eigenvalue weighted by Gasteiger charge is 2.15. The summed E-state index contributed by atoms with van der Waals surface area (Å²) in [6.45, 7) is 6.10. The van der Waals surface area contributed by atoms with Crippen molar-refractivity contribution in [2.45, 2.75) is 27.2 Å². The van der Waals surface area contributed by atoms with E-state index >= 15 is 0 Å². The van der Waals surface area contributed by atoms with Gasteiger partial charge >= 0.3 is 0 Å². The van der Waals surface area contributed by atoms with Gasteiger partial charge in [-0.05, 0) is 12.8 Å². The maximum atomic E-state index is 12.1. The van der Waals surface area contributed by atoms with Crippen LogP contribution in [0, 0.1) is 12.8 Å². The van der Waals surface area contributed by atoms with Crippen molar-refractivity contribution >= 4 is 22.4 Å². The average molecular weight is 279 g/mol. The number of carbonyl (C=O) groups is 1. The molecule has 0 bridgehead atoms. The molecule has 0 aliphatic rings. The Morgan fingerprint density at radius 3 is 2.79 bits per heavy atom. The molecule has 2 aromatic rings. The lowest BCUT2D eigenvalue weighted by molar-refractivity contribution is 0.102. The van der Waals surface area contributed by atoms with Crippen LogP contribution in [0.4, 0.5) is 5.13 Å². The van der Waals surface area contributed by atoms with Crippen molar-refractivity contribution in [2.24, 2.45) is 13.0 Å². The van der Waals surface area contributed by atoms with Crippen molar-refractivity contribution < 1.29 is 4.79 Å². The number of nitrogens with zero attached hydrogens (tertiary/aromatic N) is 4. The molecule has 2 rings (SSSR count). The van der Waals surface area contributed by atoms with Gasteiger partial charge in [-0.15, -0.1) is 10.2 Å². The number of anilines is 1. The fourth-order valence-electron chi connectivity index (χ4n) is 1.62. The topological polar surface area (TPSA) is 72.7 Å². The molecule has 7 heteroatoms. The lowest BCUT2D eigenvalue weighted by Gasteiger charge is -2.00. The Hall–Kier alpha value is -1.76. The molecule has 0 aliphatic carbocycles. The van der Waals surface area contributed by atoms with Crippen LogP contribution in [0.25, 0.3) is 0 Å². The van der Waals surface area contributed by atoms with E-state index < -0.39 is 0 Å². The Kier molecular flexibility index (Phi) is 3.94. The number of rotatable bonds is 4. The van der Waals surface area contributed by atoms with Gasteiger partial charge in [-0.3, -0.25) is 14.8 Å². The molecule has 0 spiro atoms. The SMILES string of the molecule is Cc1c(C(=O)Nc2nnc(CC(C)C)s2)cnn1C. The molecule has 19 heavy (non-hydrogen) atoms. The second-order valence-electron chi connectivity index (χ2n) is 4.82. The lowest BCUT2D eigenvalue weighted by atomic mass is 10.1. The summed E-state index contributed by atoms with van der Waals surface area (Å²) >= 11 is 1.42. The predicted molar refractivity (Wildman–Crippen MR) is 74.3 cm³/mol.